The molecule has 0 aromatic carbocycles. The Balaban J connectivity index is 0.00000225. The second kappa shape index (κ2) is 5.85. The van der Waals surface area contributed by atoms with Crippen LogP contribution in [0, 0.1) is 0 Å². The summed E-state index contributed by atoms with van der Waals surface area (Å²) in [6.07, 6.45) is -5.24. The largest absolute Gasteiger partial charge is 1.00 e. The number of alkyl halides is 3. The van der Waals surface area contributed by atoms with E-state index in [1.54, 1.807) is 0 Å². The van der Waals surface area contributed by atoms with Crippen molar-refractivity contribution in [2.75, 3.05) is 0 Å². The molecule has 0 bridgehead atoms. The molecule has 1 rings (SSSR count). The fourth-order valence-electron chi connectivity index (χ4n) is 0.980. The Labute approximate surface area is 130 Å². The van der Waals surface area contributed by atoms with E-state index in [0.717, 1.165) is 6.07 Å². The summed E-state index contributed by atoms with van der Waals surface area (Å²) >= 11 is 0. The first-order valence-corrected chi connectivity index (χ1v) is 3.91. The molecule has 0 aliphatic carbocycles. The Morgan fingerprint density at radius 2 is 1.69 bits per heavy atom. The van der Waals surface area contributed by atoms with Gasteiger partial charge in [-0.2, -0.15) is 13.2 Å². The van der Waals surface area contributed by atoms with Gasteiger partial charge in [-0.05, 0) is 6.07 Å². The van der Waals surface area contributed by atoms with Crippen LogP contribution in [0.15, 0.2) is 18.3 Å². The van der Waals surface area contributed by atoms with Crippen LogP contribution in [0.25, 0.3) is 0 Å². The molecule has 0 unspecified atom stereocenters. The molecule has 0 aliphatic rings. The van der Waals surface area contributed by atoms with E-state index in [1.807, 2.05) is 0 Å². The van der Waals surface area contributed by atoms with Gasteiger partial charge in [-0.3, -0.25) is 4.98 Å². The van der Waals surface area contributed by atoms with Crippen molar-refractivity contribution < 1.29 is 77.5 Å². The van der Waals surface area contributed by atoms with Crippen molar-refractivity contribution in [1.29, 1.82) is 0 Å². The molecule has 0 N–H and O–H groups in total. The number of hydrogen-bond acceptors (Lipinski definition) is 1. The van der Waals surface area contributed by atoms with Gasteiger partial charge in [0.15, 0.2) is 0 Å². The fraction of sp³-hybridized carbons (Fsp3) is 0.286. The Kier molecular flexibility index (Phi) is 6.01. The van der Waals surface area contributed by atoms with Crippen molar-refractivity contribution in [3.8, 4) is 0 Å². The quantitative estimate of drug-likeness (QED) is 0.544. The van der Waals surface area contributed by atoms with Crippen molar-refractivity contribution in [3.05, 3.63) is 29.6 Å². The van der Waals surface area contributed by atoms with E-state index in [0.29, 0.717) is 12.3 Å². The summed E-state index contributed by atoms with van der Waals surface area (Å²) in [6.45, 7) is -5.05. The monoisotopic (exact) mass is 267 g/mol. The second-order valence-electron chi connectivity index (χ2n) is 2.96. The number of halogens is 6. The van der Waals surface area contributed by atoms with Gasteiger partial charge < -0.3 is 12.9 Å². The Morgan fingerprint density at radius 3 is 2.00 bits per heavy atom. The predicted molar refractivity (Wildman–Crippen MR) is 42.0 cm³/mol. The SMILES string of the molecule is F[B-](F)(F)Cc1ccc(C(F)(F)F)nc1.[K+]. The van der Waals surface area contributed by atoms with Crippen molar-refractivity contribution in [2.45, 2.75) is 12.5 Å². The minimum Gasteiger partial charge on any atom is -0.449 e. The molecule has 0 saturated heterocycles. The number of pyridine rings is 1. The van der Waals surface area contributed by atoms with E-state index in [1.165, 1.54) is 0 Å². The van der Waals surface area contributed by atoms with Gasteiger partial charge in [-0.15, -0.1) is 0 Å². The van der Waals surface area contributed by atoms with Crippen LogP contribution in [-0.4, -0.2) is 12.0 Å². The van der Waals surface area contributed by atoms with Crippen LogP contribution in [0.1, 0.15) is 11.3 Å². The molecule has 0 spiro atoms. The summed E-state index contributed by atoms with van der Waals surface area (Å²) in [5.74, 6) is 0. The van der Waals surface area contributed by atoms with Crippen LogP contribution in [0.2, 0.25) is 0 Å². The summed E-state index contributed by atoms with van der Waals surface area (Å²) in [6, 6.07) is 1.32. The first-order chi connectivity index (χ1) is 6.68. The molecule has 1 heterocycles. The zero-order valence-corrected chi connectivity index (χ0v) is 11.4. The zero-order chi connectivity index (χ0) is 11.7. The molecule has 1 nitrogen and oxygen atoms in total. The molecule has 1 aromatic rings. The summed E-state index contributed by atoms with van der Waals surface area (Å²) in [5, 5.41) is 0. The van der Waals surface area contributed by atoms with E-state index in [-0.39, 0.29) is 56.9 Å². The third-order valence-corrected chi connectivity index (χ3v) is 1.58. The molecule has 0 amide bonds. The maximum Gasteiger partial charge on any atom is 1.00 e. The molecule has 16 heavy (non-hydrogen) atoms. The molecule has 1 aromatic heterocycles. The Hall–Kier alpha value is 0.431. The van der Waals surface area contributed by atoms with Crippen molar-refractivity contribution >= 4 is 6.98 Å². The Morgan fingerprint density at radius 1 is 1.12 bits per heavy atom. The summed E-state index contributed by atoms with van der Waals surface area (Å²) in [7, 11) is 0. The summed E-state index contributed by atoms with van der Waals surface area (Å²) in [5.41, 5.74) is -1.46. The van der Waals surface area contributed by atoms with Gasteiger partial charge in [0, 0.05) is 6.20 Å². The zero-order valence-electron chi connectivity index (χ0n) is 8.23. The van der Waals surface area contributed by atoms with Gasteiger partial charge in [0.2, 0.25) is 0 Å². The van der Waals surface area contributed by atoms with E-state index in [4.69, 9.17) is 0 Å². The van der Waals surface area contributed by atoms with E-state index in [2.05, 4.69) is 4.98 Å². The van der Waals surface area contributed by atoms with Crippen molar-refractivity contribution in [3.63, 3.8) is 0 Å². The molecule has 0 atom stereocenters. The molecule has 0 saturated carbocycles. The molecule has 0 aliphatic heterocycles. The van der Waals surface area contributed by atoms with Gasteiger partial charge in [0.05, 0.1) is 0 Å². The van der Waals surface area contributed by atoms with Crippen LogP contribution in [-0.2, 0) is 12.5 Å². The summed E-state index contributed by atoms with van der Waals surface area (Å²) < 4.78 is 71.6. The minimum absolute atomic E-state index is 0. The number of aromatic nitrogens is 1. The summed E-state index contributed by atoms with van der Waals surface area (Å²) in [4.78, 5) is 2.92. The second-order valence-corrected chi connectivity index (χ2v) is 2.96. The molecule has 84 valence electrons. The molecule has 0 radical (unpaired) electrons. The Bertz CT molecular complexity index is 332. The van der Waals surface area contributed by atoms with Crippen LogP contribution < -0.4 is 51.4 Å². The fourth-order valence-corrected chi connectivity index (χ4v) is 0.980. The molecular formula is C7H5BF6KN. The van der Waals surface area contributed by atoms with Crippen LogP contribution in [0.5, 0.6) is 0 Å². The molecule has 0 fully saturated rings. The standard InChI is InChI=1S/C7H5BF6N.K/c9-7(10,11)6-2-1-5(4-15-6)3-8(12,13)14;/h1-2,4H,3H2;/q-1;+1. The van der Waals surface area contributed by atoms with E-state index >= 15 is 0 Å². The average molecular weight is 267 g/mol. The van der Waals surface area contributed by atoms with Gasteiger partial charge in [-0.25, -0.2) is 0 Å². The third-order valence-electron chi connectivity index (χ3n) is 1.58. The smallest absolute Gasteiger partial charge is 0.449 e. The maximum absolute atomic E-state index is 12.0. The van der Waals surface area contributed by atoms with Crippen molar-refractivity contribution in [1.82, 2.24) is 4.98 Å². The first kappa shape index (κ1) is 16.4. The molecular weight excluding hydrogens is 262 g/mol. The van der Waals surface area contributed by atoms with Crippen molar-refractivity contribution in [2.24, 2.45) is 0 Å². The number of hydrogen-bond donors (Lipinski definition) is 0. The minimum atomic E-state index is -5.05. The van der Waals surface area contributed by atoms with Crippen LogP contribution >= 0.6 is 0 Å². The van der Waals surface area contributed by atoms with Crippen LogP contribution in [0.3, 0.4) is 0 Å². The normalized spacial score (nSPS) is 12.1. The third kappa shape index (κ3) is 5.67. The van der Waals surface area contributed by atoms with E-state index in [9.17, 15) is 26.1 Å². The maximum atomic E-state index is 12.0. The van der Waals surface area contributed by atoms with Gasteiger partial charge in [0.25, 0.3) is 0 Å². The van der Waals surface area contributed by atoms with E-state index < -0.39 is 25.2 Å². The predicted octanol–water partition coefficient (Wildman–Crippen LogP) is 0.0335. The first-order valence-electron chi connectivity index (χ1n) is 3.91. The average Bonchev–Trinajstić information content (AvgIpc) is 2.00. The topological polar surface area (TPSA) is 12.9 Å². The molecule has 9 heteroatoms. The van der Waals surface area contributed by atoms with Gasteiger partial charge in [0.1, 0.15) is 5.69 Å². The van der Waals surface area contributed by atoms with Gasteiger partial charge in [-0.1, -0.05) is 17.9 Å². The number of rotatable bonds is 2. The van der Waals surface area contributed by atoms with Crippen LogP contribution in [0.4, 0.5) is 26.1 Å². The van der Waals surface area contributed by atoms with Gasteiger partial charge >= 0.3 is 64.5 Å². The number of nitrogens with zero attached hydrogens (tertiary/aromatic N) is 1.